The third-order valence-corrected chi connectivity index (χ3v) is 2.35. The summed E-state index contributed by atoms with van der Waals surface area (Å²) in [5.41, 5.74) is 5.46. The van der Waals surface area contributed by atoms with Gasteiger partial charge in [0.05, 0.1) is 0 Å². The number of aromatic amines is 2. The molecule has 1 heterocycles. The molecule has 0 atom stereocenters. The van der Waals surface area contributed by atoms with E-state index in [0.717, 1.165) is 12.8 Å². The molecule has 76 valence electrons. The van der Waals surface area contributed by atoms with Crippen molar-refractivity contribution in [2.45, 2.75) is 24.9 Å². The third kappa shape index (κ3) is 1.69. The van der Waals surface area contributed by atoms with Crippen LogP contribution in [0.4, 0.5) is 0 Å². The number of nitrogens with two attached hydrogens (primary N) is 1. The maximum Gasteiger partial charge on any atom is 0.323 e. The van der Waals surface area contributed by atoms with Gasteiger partial charge in [0.2, 0.25) is 0 Å². The standard InChI is InChI=1S/C8H12N4O2/c9-4-1-5(2-4)11-7(13)6-3-10-8(14)12-6/h3-5H,1-2,9H2,(H,11,13)(H2,10,12,14). The highest BCUT2D eigenvalue weighted by molar-refractivity contribution is 5.92. The molecule has 6 nitrogen and oxygen atoms in total. The zero-order valence-electron chi connectivity index (χ0n) is 7.54. The molecule has 0 spiro atoms. The van der Waals surface area contributed by atoms with Gasteiger partial charge in [-0.3, -0.25) is 4.79 Å². The molecule has 1 aromatic heterocycles. The summed E-state index contributed by atoms with van der Waals surface area (Å²) in [5.74, 6) is -0.264. The minimum Gasteiger partial charge on any atom is -0.348 e. The first kappa shape index (κ1) is 9.01. The van der Waals surface area contributed by atoms with Gasteiger partial charge in [-0.15, -0.1) is 0 Å². The van der Waals surface area contributed by atoms with Crippen molar-refractivity contribution in [3.05, 3.63) is 22.4 Å². The van der Waals surface area contributed by atoms with Gasteiger partial charge in [-0.05, 0) is 12.8 Å². The molecule has 2 rings (SSSR count). The molecule has 0 unspecified atom stereocenters. The van der Waals surface area contributed by atoms with Crippen LogP contribution in [0.2, 0.25) is 0 Å². The van der Waals surface area contributed by atoms with Gasteiger partial charge in [0, 0.05) is 18.3 Å². The highest BCUT2D eigenvalue weighted by Gasteiger charge is 2.27. The van der Waals surface area contributed by atoms with E-state index in [9.17, 15) is 9.59 Å². The van der Waals surface area contributed by atoms with Gasteiger partial charge in [0.1, 0.15) is 5.69 Å². The Hall–Kier alpha value is -1.56. The second kappa shape index (κ2) is 3.30. The summed E-state index contributed by atoms with van der Waals surface area (Å²) >= 11 is 0. The van der Waals surface area contributed by atoms with Crippen molar-refractivity contribution in [3.8, 4) is 0 Å². The van der Waals surface area contributed by atoms with Crippen LogP contribution in [-0.4, -0.2) is 28.0 Å². The van der Waals surface area contributed by atoms with Crippen molar-refractivity contribution in [2.75, 3.05) is 0 Å². The number of carbonyl (C=O) groups is 1. The number of hydrogen-bond donors (Lipinski definition) is 4. The predicted octanol–water partition coefficient (Wildman–Crippen LogP) is -1.08. The third-order valence-electron chi connectivity index (χ3n) is 2.35. The quantitative estimate of drug-likeness (QED) is 0.483. The molecule has 0 aliphatic heterocycles. The normalized spacial score (nSPS) is 25.5. The molecule has 0 bridgehead atoms. The number of imidazole rings is 1. The molecule has 1 fully saturated rings. The average molecular weight is 196 g/mol. The van der Waals surface area contributed by atoms with Crippen LogP contribution in [0.15, 0.2) is 11.0 Å². The number of hydrogen-bond acceptors (Lipinski definition) is 3. The van der Waals surface area contributed by atoms with Crippen molar-refractivity contribution in [3.63, 3.8) is 0 Å². The Morgan fingerprint density at radius 1 is 1.57 bits per heavy atom. The van der Waals surface area contributed by atoms with Crippen molar-refractivity contribution in [1.29, 1.82) is 0 Å². The van der Waals surface area contributed by atoms with Crippen LogP contribution in [0, 0.1) is 0 Å². The summed E-state index contributed by atoms with van der Waals surface area (Å²) in [6.45, 7) is 0. The number of rotatable bonds is 2. The molecule has 0 aromatic carbocycles. The minimum absolute atomic E-state index is 0.149. The number of aromatic nitrogens is 2. The minimum atomic E-state index is -0.375. The molecule has 1 aliphatic rings. The Kier molecular flexibility index (Phi) is 2.12. The molecule has 1 amide bonds. The fourth-order valence-electron chi connectivity index (χ4n) is 1.50. The number of H-pyrrole nitrogens is 2. The van der Waals surface area contributed by atoms with E-state index in [-0.39, 0.29) is 29.4 Å². The van der Waals surface area contributed by atoms with E-state index in [1.165, 1.54) is 6.20 Å². The van der Waals surface area contributed by atoms with Crippen LogP contribution < -0.4 is 16.7 Å². The Bertz CT molecular complexity index is 388. The second-order valence-corrected chi connectivity index (χ2v) is 3.56. The lowest BCUT2D eigenvalue weighted by Gasteiger charge is -2.32. The molecule has 1 aromatic rings. The fraction of sp³-hybridized carbons (Fsp3) is 0.500. The van der Waals surface area contributed by atoms with Crippen LogP contribution >= 0.6 is 0 Å². The van der Waals surface area contributed by atoms with E-state index in [1.807, 2.05) is 0 Å². The van der Waals surface area contributed by atoms with E-state index < -0.39 is 0 Å². The predicted molar refractivity (Wildman–Crippen MR) is 49.9 cm³/mol. The van der Waals surface area contributed by atoms with E-state index in [0.29, 0.717) is 0 Å². The molecule has 14 heavy (non-hydrogen) atoms. The first-order valence-electron chi connectivity index (χ1n) is 4.49. The number of nitrogens with one attached hydrogen (secondary N) is 3. The topological polar surface area (TPSA) is 104 Å². The Morgan fingerprint density at radius 2 is 2.29 bits per heavy atom. The SMILES string of the molecule is NC1CC(NC(=O)c2c[nH]c(=O)[nH]2)C1. The van der Waals surface area contributed by atoms with E-state index in [2.05, 4.69) is 15.3 Å². The average Bonchev–Trinajstić information content (AvgIpc) is 2.49. The Labute approximate surface area is 79.9 Å². The van der Waals surface area contributed by atoms with Crippen LogP contribution in [0.25, 0.3) is 0 Å². The van der Waals surface area contributed by atoms with Crippen LogP contribution in [-0.2, 0) is 0 Å². The number of amides is 1. The van der Waals surface area contributed by atoms with Crippen LogP contribution in [0.1, 0.15) is 23.3 Å². The molecule has 0 saturated heterocycles. The molecular formula is C8H12N4O2. The summed E-state index contributed by atoms with van der Waals surface area (Å²) in [4.78, 5) is 26.9. The molecule has 1 aliphatic carbocycles. The van der Waals surface area contributed by atoms with E-state index in [4.69, 9.17) is 5.73 Å². The Balaban J connectivity index is 1.93. The fourth-order valence-corrected chi connectivity index (χ4v) is 1.50. The molecule has 0 radical (unpaired) electrons. The van der Waals surface area contributed by atoms with Gasteiger partial charge in [0.15, 0.2) is 0 Å². The summed E-state index contributed by atoms with van der Waals surface area (Å²) in [6, 6.07) is 0.349. The van der Waals surface area contributed by atoms with Gasteiger partial charge in [0.25, 0.3) is 5.91 Å². The highest BCUT2D eigenvalue weighted by Crippen LogP contribution is 2.17. The lowest BCUT2D eigenvalue weighted by molar-refractivity contribution is 0.0905. The van der Waals surface area contributed by atoms with Gasteiger partial charge in [-0.2, -0.15) is 0 Å². The van der Waals surface area contributed by atoms with E-state index >= 15 is 0 Å². The summed E-state index contributed by atoms with van der Waals surface area (Å²) in [7, 11) is 0. The molecule has 6 heteroatoms. The smallest absolute Gasteiger partial charge is 0.323 e. The molecular weight excluding hydrogens is 184 g/mol. The van der Waals surface area contributed by atoms with Gasteiger partial charge >= 0.3 is 5.69 Å². The van der Waals surface area contributed by atoms with Crippen molar-refractivity contribution < 1.29 is 4.79 Å². The van der Waals surface area contributed by atoms with Crippen molar-refractivity contribution >= 4 is 5.91 Å². The first-order valence-corrected chi connectivity index (χ1v) is 4.49. The Morgan fingerprint density at radius 3 is 2.79 bits per heavy atom. The highest BCUT2D eigenvalue weighted by atomic mass is 16.2. The monoisotopic (exact) mass is 196 g/mol. The lowest BCUT2D eigenvalue weighted by Crippen LogP contribution is -2.50. The maximum atomic E-state index is 11.4. The summed E-state index contributed by atoms with van der Waals surface area (Å²) in [5, 5.41) is 2.77. The van der Waals surface area contributed by atoms with Crippen LogP contribution in [0.3, 0.4) is 0 Å². The first-order chi connectivity index (χ1) is 6.65. The van der Waals surface area contributed by atoms with Gasteiger partial charge in [-0.25, -0.2) is 4.79 Å². The molecule has 5 N–H and O–H groups in total. The van der Waals surface area contributed by atoms with Crippen molar-refractivity contribution in [1.82, 2.24) is 15.3 Å². The molecule has 1 saturated carbocycles. The largest absolute Gasteiger partial charge is 0.348 e. The maximum absolute atomic E-state index is 11.4. The van der Waals surface area contributed by atoms with Crippen molar-refractivity contribution in [2.24, 2.45) is 5.73 Å². The second-order valence-electron chi connectivity index (χ2n) is 3.56. The number of carbonyl (C=O) groups excluding carboxylic acids is 1. The van der Waals surface area contributed by atoms with Gasteiger partial charge < -0.3 is 21.0 Å². The van der Waals surface area contributed by atoms with E-state index in [1.54, 1.807) is 0 Å². The lowest BCUT2D eigenvalue weighted by atomic mass is 9.87. The zero-order valence-corrected chi connectivity index (χ0v) is 7.54. The summed E-state index contributed by atoms with van der Waals surface area (Å²) in [6.07, 6.45) is 2.97. The zero-order chi connectivity index (χ0) is 10.1. The van der Waals surface area contributed by atoms with Gasteiger partial charge in [-0.1, -0.05) is 0 Å². The van der Waals surface area contributed by atoms with Crippen LogP contribution in [0.5, 0.6) is 0 Å². The summed E-state index contributed by atoms with van der Waals surface area (Å²) < 4.78 is 0.